The zero-order valence-electron chi connectivity index (χ0n) is 37.8. The summed E-state index contributed by atoms with van der Waals surface area (Å²) in [7, 11) is 0. The van der Waals surface area contributed by atoms with Crippen LogP contribution in [0.5, 0.6) is 34.5 Å². The van der Waals surface area contributed by atoms with Crippen LogP contribution in [-0.2, 0) is 0 Å². The molecule has 0 saturated carbocycles. The average molecular weight is 811 g/mol. The predicted octanol–water partition coefficient (Wildman–Crippen LogP) is 15.7. The molecule has 0 bridgehead atoms. The van der Waals surface area contributed by atoms with Crippen molar-refractivity contribution >= 4 is 32.3 Å². The van der Waals surface area contributed by atoms with Crippen LogP contribution in [-0.4, -0.2) is 39.6 Å². The van der Waals surface area contributed by atoms with Gasteiger partial charge in [0.15, 0.2) is 34.5 Å². The second-order valence-corrected chi connectivity index (χ2v) is 16.2. The summed E-state index contributed by atoms with van der Waals surface area (Å²) in [5.74, 6) is 7.42. The molecule has 59 heavy (non-hydrogen) atoms. The molecule has 0 spiro atoms. The molecule has 0 amide bonds. The quantitative estimate of drug-likeness (QED) is 0.0266. The fourth-order valence-corrected chi connectivity index (χ4v) is 7.60. The summed E-state index contributed by atoms with van der Waals surface area (Å²) < 4.78 is 39.6. The fraction of sp³-hybridized carbons (Fsp3) is 0.623. The van der Waals surface area contributed by atoms with Crippen molar-refractivity contribution in [3.8, 4) is 46.8 Å². The molecule has 6 heteroatoms. The van der Waals surface area contributed by atoms with Gasteiger partial charge < -0.3 is 28.4 Å². The Labute approximate surface area is 358 Å². The Morgan fingerprint density at radius 1 is 0.305 bits per heavy atom. The third kappa shape index (κ3) is 15.5. The fourth-order valence-electron chi connectivity index (χ4n) is 7.60. The van der Waals surface area contributed by atoms with Crippen LogP contribution < -0.4 is 28.4 Å². The molecule has 0 aliphatic heterocycles. The zero-order chi connectivity index (χ0) is 41.9. The number of unbranched alkanes of at least 4 members (excludes halogenated alkanes) is 16. The second-order valence-electron chi connectivity index (χ2n) is 16.2. The minimum atomic E-state index is 0.518. The average Bonchev–Trinajstić information content (AvgIpc) is 3.25. The lowest BCUT2D eigenvalue weighted by atomic mass is 9.93. The van der Waals surface area contributed by atoms with Crippen molar-refractivity contribution in [3.63, 3.8) is 0 Å². The van der Waals surface area contributed by atoms with Crippen molar-refractivity contribution in [2.45, 2.75) is 176 Å². The molecule has 4 rings (SSSR count). The first-order valence-electron chi connectivity index (χ1n) is 23.8. The maximum atomic E-state index is 6.63. The molecular formula is C53H78O6. The predicted molar refractivity (Wildman–Crippen MR) is 251 cm³/mol. The van der Waals surface area contributed by atoms with E-state index >= 15 is 0 Å². The highest BCUT2D eigenvalue weighted by molar-refractivity contribution is 6.26. The summed E-state index contributed by atoms with van der Waals surface area (Å²) in [5, 5.41) is 6.51. The van der Waals surface area contributed by atoms with Crippen LogP contribution in [0.25, 0.3) is 32.3 Å². The van der Waals surface area contributed by atoms with Gasteiger partial charge in [-0.3, -0.25) is 0 Å². The first-order chi connectivity index (χ1) is 29.1. The van der Waals surface area contributed by atoms with Gasteiger partial charge in [-0.15, -0.1) is 12.3 Å². The van der Waals surface area contributed by atoms with Crippen LogP contribution in [0, 0.1) is 12.3 Å². The van der Waals surface area contributed by atoms with Gasteiger partial charge >= 0.3 is 0 Å². The number of benzene rings is 4. The number of hydrogen-bond acceptors (Lipinski definition) is 6. The van der Waals surface area contributed by atoms with Crippen molar-refractivity contribution in [1.82, 2.24) is 0 Å². The number of rotatable bonds is 34. The summed E-state index contributed by atoms with van der Waals surface area (Å²) >= 11 is 0. The standard InChI is InChI=1S/C53H78O6/c1-7-13-19-25-31-55-49-37-43-42(36-48(49)54-30-24-18-12-6)44-38-50(56-32-26-20-14-8-2)52(58-34-28-22-16-10-4)40-46(44)47-41-53(59-35-29-23-17-11-5)51(39-45(43)47)57-33-27-21-15-9-3/h6,36-41H,7-11,13-35H2,1-5H3. The molecule has 0 radical (unpaired) electrons. The molecule has 0 aromatic heterocycles. The summed E-state index contributed by atoms with van der Waals surface area (Å²) in [5.41, 5.74) is 0. The van der Waals surface area contributed by atoms with E-state index < -0.39 is 0 Å². The molecular weight excluding hydrogens is 733 g/mol. The van der Waals surface area contributed by atoms with Gasteiger partial charge in [-0.25, -0.2) is 0 Å². The van der Waals surface area contributed by atoms with Gasteiger partial charge in [-0.2, -0.15) is 0 Å². The zero-order valence-corrected chi connectivity index (χ0v) is 37.8. The Morgan fingerprint density at radius 3 is 0.695 bits per heavy atom. The largest absolute Gasteiger partial charge is 0.490 e. The van der Waals surface area contributed by atoms with Gasteiger partial charge in [-0.1, -0.05) is 131 Å². The van der Waals surface area contributed by atoms with E-state index in [9.17, 15) is 0 Å². The van der Waals surface area contributed by atoms with Gasteiger partial charge in [-0.05, 0) is 107 Å². The van der Waals surface area contributed by atoms with Crippen molar-refractivity contribution in [1.29, 1.82) is 0 Å². The molecule has 4 aromatic carbocycles. The Kier molecular flexibility index (Phi) is 23.0. The smallest absolute Gasteiger partial charge is 0.161 e. The Morgan fingerprint density at radius 2 is 0.508 bits per heavy atom. The molecule has 0 saturated heterocycles. The summed E-state index contributed by atoms with van der Waals surface area (Å²) in [6.45, 7) is 15.0. The van der Waals surface area contributed by atoms with Gasteiger partial charge in [0.05, 0.1) is 39.6 Å². The number of terminal acetylenes is 1. The Bertz CT molecular complexity index is 1770. The molecule has 0 fully saturated rings. The van der Waals surface area contributed by atoms with Gasteiger partial charge in [0.1, 0.15) is 0 Å². The molecule has 0 heterocycles. The van der Waals surface area contributed by atoms with E-state index in [1.807, 2.05) is 0 Å². The van der Waals surface area contributed by atoms with Crippen LogP contribution in [0.4, 0.5) is 0 Å². The molecule has 0 aliphatic carbocycles. The molecule has 4 aromatic rings. The maximum absolute atomic E-state index is 6.63. The lowest BCUT2D eigenvalue weighted by molar-refractivity contribution is 0.259. The minimum Gasteiger partial charge on any atom is -0.490 e. The van der Waals surface area contributed by atoms with Crippen LogP contribution >= 0.6 is 0 Å². The molecule has 0 unspecified atom stereocenters. The highest BCUT2D eigenvalue weighted by Crippen LogP contribution is 2.47. The van der Waals surface area contributed by atoms with E-state index in [1.165, 1.54) is 64.2 Å². The third-order valence-electron chi connectivity index (χ3n) is 11.1. The van der Waals surface area contributed by atoms with Crippen LogP contribution in [0.2, 0.25) is 0 Å². The topological polar surface area (TPSA) is 55.4 Å². The first kappa shape index (κ1) is 47.7. The van der Waals surface area contributed by atoms with E-state index in [-0.39, 0.29) is 0 Å². The van der Waals surface area contributed by atoms with Crippen LogP contribution in [0.1, 0.15) is 176 Å². The van der Waals surface area contributed by atoms with E-state index in [4.69, 9.17) is 34.8 Å². The maximum Gasteiger partial charge on any atom is 0.161 e. The number of hydrogen-bond donors (Lipinski definition) is 0. The SMILES string of the molecule is C#CCCCOc1cc2c(cc1OCCCCCC)c1cc(OCCCCCC)c(OCCCCCC)cc1c1cc(OCCCCCC)c(OCCCCCC)cc21. The van der Waals surface area contributed by atoms with E-state index in [0.717, 1.165) is 137 Å². The van der Waals surface area contributed by atoms with Crippen molar-refractivity contribution in [3.05, 3.63) is 36.4 Å². The molecule has 6 nitrogen and oxygen atoms in total. The molecule has 0 aliphatic rings. The normalized spacial score (nSPS) is 11.3. The van der Waals surface area contributed by atoms with Crippen LogP contribution in [0.3, 0.4) is 0 Å². The highest BCUT2D eigenvalue weighted by Gasteiger charge is 2.20. The number of ether oxygens (including phenoxy) is 6. The van der Waals surface area contributed by atoms with Crippen molar-refractivity contribution < 1.29 is 28.4 Å². The van der Waals surface area contributed by atoms with E-state index in [2.05, 4.69) is 76.9 Å². The first-order valence-corrected chi connectivity index (χ1v) is 23.8. The molecule has 0 atom stereocenters. The minimum absolute atomic E-state index is 0.518. The highest BCUT2D eigenvalue weighted by atomic mass is 16.5. The van der Waals surface area contributed by atoms with Gasteiger partial charge in [0, 0.05) is 6.42 Å². The molecule has 326 valence electrons. The van der Waals surface area contributed by atoms with E-state index in [1.54, 1.807) is 0 Å². The van der Waals surface area contributed by atoms with Crippen LogP contribution in [0.15, 0.2) is 36.4 Å². The third-order valence-corrected chi connectivity index (χ3v) is 11.1. The monoisotopic (exact) mass is 811 g/mol. The Hall–Kier alpha value is -3.98. The van der Waals surface area contributed by atoms with Crippen molar-refractivity contribution in [2.75, 3.05) is 39.6 Å². The lowest BCUT2D eigenvalue weighted by Gasteiger charge is -2.21. The number of fused-ring (bicyclic) bond motifs is 6. The van der Waals surface area contributed by atoms with Gasteiger partial charge in [0.2, 0.25) is 0 Å². The Balaban J connectivity index is 1.96. The summed E-state index contributed by atoms with van der Waals surface area (Å²) in [6, 6.07) is 13.2. The van der Waals surface area contributed by atoms with Crippen molar-refractivity contribution in [2.24, 2.45) is 0 Å². The summed E-state index contributed by atoms with van der Waals surface area (Å²) in [4.78, 5) is 0. The molecule has 0 N–H and O–H groups in total. The lowest BCUT2D eigenvalue weighted by Crippen LogP contribution is -2.05. The summed E-state index contributed by atoms with van der Waals surface area (Å²) in [6.07, 6.45) is 29.8. The van der Waals surface area contributed by atoms with E-state index in [0.29, 0.717) is 46.1 Å². The van der Waals surface area contributed by atoms with Gasteiger partial charge in [0.25, 0.3) is 0 Å². The second kappa shape index (κ2) is 28.5.